The van der Waals surface area contributed by atoms with Crippen molar-refractivity contribution in [2.24, 2.45) is 0 Å². The standard InChI is InChI=1S/C18H20BrNO4/c1-4-23-16(21)9-8-14-13-7-6-12(19)10-15(13)20-11(3)17(14)18(22)24-5-2/h6-7,10H,4-5,8-9H2,1-3H3. The van der Waals surface area contributed by atoms with E-state index in [1.807, 2.05) is 18.2 Å². The van der Waals surface area contributed by atoms with Gasteiger partial charge in [-0.1, -0.05) is 22.0 Å². The molecule has 0 spiro atoms. The van der Waals surface area contributed by atoms with Crippen molar-refractivity contribution in [2.45, 2.75) is 33.6 Å². The van der Waals surface area contributed by atoms with Crippen LogP contribution in [-0.2, 0) is 20.7 Å². The van der Waals surface area contributed by atoms with Crippen LogP contribution in [0.25, 0.3) is 10.9 Å². The van der Waals surface area contributed by atoms with Crippen LogP contribution in [0, 0.1) is 6.92 Å². The Morgan fingerprint density at radius 3 is 2.54 bits per heavy atom. The number of nitrogens with zero attached hydrogens (tertiary/aromatic N) is 1. The Hall–Kier alpha value is -1.95. The molecule has 2 rings (SSSR count). The number of benzene rings is 1. The summed E-state index contributed by atoms with van der Waals surface area (Å²) in [7, 11) is 0. The number of aryl methyl sites for hydroxylation is 2. The van der Waals surface area contributed by atoms with Crippen LogP contribution >= 0.6 is 15.9 Å². The highest BCUT2D eigenvalue weighted by Gasteiger charge is 2.21. The largest absolute Gasteiger partial charge is 0.466 e. The molecule has 0 N–H and O–H groups in total. The van der Waals surface area contributed by atoms with Crippen LogP contribution in [0.2, 0.25) is 0 Å². The lowest BCUT2D eigenvalue weighted by atomic mass is 9.96. The number of esters is 2. The zero-order chi connectivity index (χ0) is 17.7. The van der Waals surface area contributed by atoms with Gasteiger partial charge in [0, 0.05) is 16.3 Å². The Morgan fingerprint density at radius 1 is 1.17 bits per heavy atom. The Labute approximate surface area is 149 Å². The highest BCUT2D eigenvalue weighted by molar-refractivity contribution is 9.10. The van der Waals surface area contributed by atoms with Gasteiger partial charge in [-0.25, -0.2) is 4.79 Å². The number of halogens is 1. The minimum Gasteiger partial charge on any atom is -0.466 e. The second-order valence-electron chi connectivity index (χ2n) is 5.24. The van der Waals surface area contributed by atoms with Gasteiger partial charge in [0.05, 0.1) is 30.0 Å². The number of ether oxygens (including phenoxy) is 2. The first kappa shape index (κ1) is 18.4. The fourth-order valence-electron chi connectivity index (χ4n) is 2.64. The van der Waals surface area contributed by atoms with Crippen molar-refractivity contribution in [1.29, 1.82) is 0 Å². The number of hydrogen-bond acceptors (Lipinski definition) is 5. The summed E-state index contributed by atoms with van der Waals surface area (Å²) in [5.74, 6) is -0.696. The topological polar surface area (TPSA) is 65.5 Å². The maximum Gasteiger partial charge on any atom is 0.340 e. The number of pyridine rings is 1. The summed E-state index contributed by atoms with van der Waals surface area (Å²) in [5, 5.41) is 0.844. The number of carbonyl (C=O) groups excluding carboxylic acids is 2. The Bertz CT molecular complexity index is 773. The molecule has 0 unspecified atom stereocenters. The van der Waals surface area contributed by atoms with Gasteiger partial charge in [-0.3, -0.25) is 9.78 Å². The van der Waals surface area contributed by atoms with E-state index in [2.05, 4.69) is 20.9 Å². The molecule has 0 saturated heterocycles. The number of rotatable bonds is 6. The predicted octanol–water partition coefficient (Wildman–Crippen LogP) is 3.98. The SMILES string of the molecule is CCOC(=O)CCc1c(C(=O)OCC)c(C)nc2cc(Br)ccc12. The fourth-order valence-corrected chi connectivity index (χ4v) is 2.99. The van der Waals surface area contributed by atoms with Gasteiger partial charge in [-0.05, 0) is 44.9 Å². The quantitative estimate of drug-likeness (QED) is 0.694. The summed E-state index contributed by atoms with van der Waals surface area (Å²) in [6, 6.07) is 5.68. The first-order chi connectivity index (χ1) is 11.5. The normalized spacial score (nSPS) is 10.7. The summed E-state index contributed by atoms with van der Waals surface area (Å²) >= 11 is 3.43. The molecule has 24 heavy (non-hydrogen) atoms. The molecule has 0 fully saturated rings. The van der Waals surface area contributed by atoms with Crippen molar-refractivity contribution in [1.82, 2.24) is 4.98 Å². The first-order valence-corrected chi connectivity index (χ1v) is 8.68. The van der Waals surface area contributed by atoms with Gasteiger partial charge >= 0.3 is 11.9 Å². The highest BCUT2D eigenvalue weighted by atomic mass is 79.9. The molecule has 0 saturated carbocycles. The molecule has 1 aromatic heterocycles. The van der Waals surface area contributed by atoms with Crippen molar-refractivity contribution >= 4 is 38.8 Å². The maximum absolute atomic E-state index is 12.4. The third-order valence-electron chi connectivity index (χ3n) is 3.60. The summed E-state index contributed by atoms with van der Waals surface area (Å²) in [4.78, 5) is 28.6. The van der Waals surface area contributed by atoms with Crippen LogP contribution in [0.5, 0.6) is 0 Å². The van der Waals surface area contributed by atoms with Gasteiger partial charge in [0.25, 0.3) is 0 Å². The third-order valence-corrected chi connectivity index (χ3v) is 4.09. The van der Waals surface area contributed by atoms with Crippen LogP contribution in [-0.4, -0.2) is 30.1 Å². The van der Waals surface area contributed by atoms with Crippen LogP contribution in [0.1, 0.15) is 41.9 Å². The van der Waals surface area contributed by atoms with E-state index < -0.39 is 5.97 Å². The molecule has 0 aliphatic carbocycles. The van der Waals surface area contributed by atoms with E-state index in [1.165, 1.54) is 0 Å². The van der Waals surface area contributed by atoms with Gasteiger partial charge in [0.15, 0.2) is 0 Å². The molecular weight excluding hydrogens is 374 g/mol. The van der Waals surface area contributed by atoms with Crippen molar-refractivity contribution < 1.29 is 19.1 Å². The minimum absolute atomic E-state index is 0.203. The molecule has 0 aliphatic heterocycles. The van der Waals surface area contributed by atoms with Crippen molar-refractivity contribution in [3.05, 3.63) is 39.5 Å². The molecule has 1 heterocycles. The number of hydrogen-bond donors (Lipinski definition) is 0. The average molecular weight is 394 g/mol. The Balaban J connectivity index is 2.54. The zero-order valence-corrected chi connectivity index (χ0v) is 15.6. The van der Waals surface area contributed by atoms with E-state index in [9.17, 15) is 9.59 Å². The Kier molecular flexibility index (Phi) is 6.31. The highest BCUT2D eigenvalue weighted by Crippen LogP contribution is 2.28. The molecule has 0 aliphatic rings. The summed E-state index contributed by atoms with van der Waals surface area (Å²) in [5.41, 5.74) is 2.58. The lowest BCUT2D eigenvalue weighted by Crippen LogP contribution is -2.14. The van der Waals surface area contributed by atoms with Crippen molar-refractivity contribution in [2.75, 3.05) is 13.2 Å². The van der Waals surface area contributed by atoms with E-state index in [4.69, 9.17) is 9.47 Å². The molecule has 0 amide bonds. The zero-order valence-electron chi connectivity index (χ0n) is 14.0. The molecule has 6 heteroatoms. The van der Waals surface area contributed by atoms with Gasteiger partial charge in [0.1, 0.15) is 0 Å². The smallest absolute Gasteiger partial charge is 0.340 e. The van der Waals surface area contributed by atoms with E-state index in [0.29, 0.717) is 24.3 Å². The van der Waals surface area contributed by atoms with Crippen molar-refractivity contribution in [3.8, 4) is 0 Å². The monoisotopic (exact) mass is 393 g/mol. The maximum atomic E-state index is 12.4. The van der Waals surface area contributed by atoms with Crippen LogP contribution in [0.15, 0.2) is 22.7 Å². The van der Waals surface area contributed by atoms with Gasteiger partial charge in [-0.15, -0.1) is 0 Å². The van der Waals surface area contributed by atoms with Gasteiger partial charge in [0.2, 0.25) is 0 Å². The molecule has 0 atom stereocenters. The van der Waals surface area contributed by atoms with E-state index in [0.717, 1.165) is 20.9 Å². The summed E-state index contributed by atoms with van der Waals surface area (Å²) in [6.07, 6.45) is 0.601. The van der Waals surface area contributed by atoms with E-state index in [1.54, 1.807) is 20.8 Å². The fraction of sp³-hybridized carbons (Fsp3) is 0.389. The summed E-state index contributed by atoms with van der Waals surface area (Å²) < 4.78 is 11.1. The average Bonchev–Trinajstić information content (AvgIpc) is 2.52. The number of aromatic nitrogens is 1. The molecule has 0 bridgehead atoms. The third kappa shape index (κ3) is 4.12. The number of fused-ring (bicyclic) bond motifs is 1. The molecule has 5 nitrogen and oxygen atoms in total. The van der Waals surface area contributed by atoms with Crippen LogP contribution in [0.4, 0.5) is 0 Å². The predicted molar refractivity (Wildman–Crippen MR) is 95.1 cm³/mol. The molecular formula is C18H20BrNO4. The van der Waals surface area contributed by atoms with Crippen molar-refractivity contribution in [3.63, 3.8) is 0 Å². The second kappa shape index (κ2) is 8.24. The second-order valence-corrected chi connectivity index (χ2v) is 6.15. The van der Waals surface area contributed by atoms with Crippen LogP contribution < -0.4 is 0 Å². The lowest BCUT2D eigenvalue weighted by molar-refractivity contribution is -0.143. The molecule has 128 valence electrons. The Morgan fingerprint density at radius 2 is 1.88 bits per heavy atom. The summed E-state index contributed by atoms with van der Waals surface area (Å²) in [6.45, 7) is 5.93. The van der Waals surface area contributed by atoms with E-state index >= 15 is 0 Å². The molecule has 2 aromatic rings. The lowest BCUT2D eigenvalue weighted by Gasteiger charge is -2.14. The van der Waals surface area contributed by atoms with Gasteiger partial charge in [-0.2, -0.15) is 0 Å². The first-order valence-electron chi connectivity index (χ1n) is 7.89. The van der Waals surface area contributed by atoms with Gasteiger partial charge < -0.3 is 9.47 Å². The van der Waals surface area contributed by atoms with Crippen LogP contribution in [0.3, 0.4) is 0 Å². The minimum atomic E-state index is -0.411. The molecule has 0 radical (unpaired) electrons. The van der Waals surface area contributed by atoms with E-state index in [-0.39, 0.29) is 19.0 Å². The number of carbonyl (C=O) groups is 2. The molecule has 1 aromatic carbocycles.